The number of ether oxygens (including phenoxy) is 1. The molecule has 0 saturated carbocycles. The lowest BCUT2D eigenvalue weighted by Gasteiger charge is -2.13. The van der Waals surface area contributed by atoms with Gasteiger partial charge in [0.2, 0.25) is 0 Å². The molecule has 0 aliphatic carbocycles. The van der Waals surface area contributed by atoms with Crippen LogP contribution >= 0.6 is 11.3 Å². The fraction of sp³-hybridized carbons (Fsp3) is 0.786. The van der Waals surface area contributed by atoms with Crippen LogP contribution in [0.5, 0.6) is 0 Å². The van der Waals surface area contributed by atoms with E-state index in [0.29, 0.717) is 6.61 Å². The normalized spacial score (nSPS) is 12.1. The summed E-state index contributed by atoms with van der Waals surface area (Å²) in [5.41, 5.74) is 1.21. The van der Waals surface area contributed by atoms with Gasteiger partial charge in [0.15, 0.2) is 0 Å². The Morgan fingerprint density at radius 3 is 2.61 bits per heavy atom. The quantitative estimate of drug-likeness (QED) is 0.770. The van der Waals surface area contributed by atoms with E-state index in [9.17, 15) is 0 Å². The Morgan fingerprint density at radius 1 is 1.33 bits per heavy atom. The molecule has 1 N–H and O–H groups in total. The lowest BCUT2D eigenvalue weighted by atomic mass is 9.98. The first-order valence-corrected chi connectivity index (χ1v) is 7.49. The first-order chi connectivity index (χ1) is 8.49. The third-order valence-corrected chi connectivity index (χ3v) is 4.22. The zero-order valence-corrected chi connectivity index (χ0v) is 13.1. The molecule has 3 nitrogen and oxygen atoms in total. The number of thiazole rings is 1. The third kappa shape index (κ3) is 4.67. The highest BCUT2D eigenvalue weighted by Crippen LogP contribution is 2.29. The number of rotatable bonds is 7. The minimum absolute atomic E-state index is 0.120. The molecule has 0 amide bonds. The minimum atomic E-state index is 0.120. The summed E-state index contributed by atoms with van der Waals surface area (Å²) < 4.78 is 5.24. The Hall–Kier alpha value is -0.450. The molecule has 0 spiro atoms. The standard InChI is InChI=1S/C14H26N2OS/c1-6-7-8-15-9-12-11(10-17-5)16-13(18-12)14(2,3)4/h15H,6-10H2,1-5H3. The predicted octanol–water partition coefficient (Wildman–Crippen LogP) is 3.48. The monoisotopic (exact) mass is 270 g/mol. The number of hydrogen-bond acceptors (Lipinski definition) is 4. The van der Waals surface area contributed by atoms with Gasteiger partial charge in [0.1, 0.15) is 0 Å². The van der Waals surface area contributed by atoms with Crippen molar-refractivity contribution in [2.24, 2.45) is 0 Å². The molecule has 0 aliphatic rings. The molecule has 0 aliphatic heterocycles. The molecule has 0 radical (unpaired) electrons. The second-order valence-electron chi connectivity index (χ2n) is 5.60. The molecule has 0 fully saturated rings. The van der Waals surface area contributed by atoms with E-state index < -0.39 is 0 Å². The highest BCUT2D eigenvalue weighted by atomic mass is 32.1. The average Bonchev–Trinajstić information content (AvgIpc) is 2.68. The van der Waals surface area contributed by atoms with E-state index in [4.69, 9.17) is 9.72 Å². The van der Waals surface area contributed by atoms with Crippen molar-refractivity contribution in [2.75, 3.05) is 13.7 Å². The van der Waals surface area contributed by atoms with E-state index in [-0.39, 0.29) is 5.41 Å². The maximum absolute atomic E-state index is 5.24. The van der Waals surface area contributed by atoms with Gasteiger partial charge in [-0.3, -0.25) is 0 Å². The SMILES string of the molecule is CCCCNCc1sc(C(C)(C)C)nc1COC. The van der Waals surface area contributed by atoms with Gasteiger partial charge < -0.3 is 10.1 Å². The van der Waals surface area contributed by atoms with Gasteiger partial charge in [-0.1, -0.05) is 34.1 Å². The molecular weight excluding hydrogens is 244 g/mol. The predicted molar refractivity (Wildman–Crippen MR) is 78.1 cm³/mol. The van der Waals surface area contributed by atoms with Crippen LogP contribution in [0.4, 0.5) is 0 Å². The van der Waals surface area contributed by atoms with Gasteiger partial charge in [0.05, 0.1) is 17.3 Å². The van der Waals surface area contributed by atoms with Gasteiger partial charge in [0.25, 0.3) is 0 Å². The molecule has 0 atom stereocenters. The van der Waals surface area contributed by atoms with Crippen LogP contribution in [0.2, 0.25) is 0 Å². The summed E-state index contributed by atoms with van der Waals surface area (Å²) in [5.74, 6) is 0. The van der Waals surface area contributed by atoms with Crippen molar-refractivity contribution < 1.29 is 4.74 Å². The molecule has 0 saturated heterocycles. The smallest absolute Gasteiger partial charge is 0.0986 e. The summed E-state index contributed by atoms with van der Waals surface area (Å²) in [7, 11) is 1.73. The highest BCUT2D eigenvalue weighted by Gasteiger charge is 2.21. The van der Waals surface area contributed by atoms with Crippen LogP contribution in [-0.2, 0) is 23.3 Å². The van der Waals surface area contributed by atoms with Crippen LogP contribution in [0.25, 0.3) is 0 Å². The molecule has 1 rings (SSSR count). The van der Waals surface area contributed by atoms with E-state index in [1.54, 1.807) is 7.11 Å². The molecule has 0 aromatic carbocycles. The summed E-state index contributed by atoms with van der Waals surface area (Å²) in [6.45, 7) is 11.4. The molecular formula is C14H26N2OS. The number of unbranched alkanes of at least 4 members (excludes halogenated alkanes) is 1. The lowest BCUT2D eigenvalue weighted by molar-refractivity contribution is 0.181. The van der Waals surface area contributed by atoms with E-state index >= 15 is 0 Å². The van der Waals surface area contributed by atoms with Crippen LogP contribution < -0.4 is 5.32 Å². The molecule has 1 aromatic heterocycles. The van der Waals surface area contributed by atoms with Gasteiger partial charge in [-0.2, -0.15) is 0 Å². The van der Waals surface area contributed by atoms with Crippen molar-refractivity contribution in [1.82, 2.24) is 10.3 Å². The molecule has 1 heterocycles. The number of hydrogen-bond donors (Lipinski definition) is 1. The summed E-state index contributed by atoms with van der Waals surface area (Å²) in [6.07, 6.45) is 2.46. The fourth-order valence-corrected chi connectivity index (χ4v) is 2.69. The van der Waals surface area contributed by atoms with Crippen molar-refractivity contribution in [1.29, 1.82) is 0 Å². The van der Waals surface area contributed by atoms with Gasteiger partial charge in [-0.15, -0.1) is 11.3 Å². The highest BCUT2D eigenvalue weighted by molar-refractivity contribution is 7.11. The van der Waals surface area contributed by atoms with E-state index in [0.717, 1.165) is 18.8 Å². The van der Waals surface area contributed by atoms with Crippen LogP contribution in [0, 0.1) is 0 Å². The van der Waals surface area contributed by atoms with E-state index in [1.807, 2.05) is 11.3 Å². The fourth-order valence-electron chi connectivity index (χ4n) is 1.60. The van der Waals surface area contributed by atoms with Gasteiger partial charge in [-0.25, -0.2) is 4.98 Å². The largest absolute Gasteiger partial charge is 0.378 e. The number of methoxy groups -OCH3 is 1. The Morgan fingerprint density at radius 2 is 2.06 bits per heavy atom. The Kier molecular flexibility index (Phi) is 6.26. The van der Waals surface area contributed by atoms with Crippen LogP contribution in [0.3, 0.4) is 0 Å². The first kappa shape index (κ1) is 15.6. The summed E-state index contributed by atoms with van der Waals surface area (Å²) >= 11 is 1.81. The Bertz CT molecular complexity index is 355. The first-order valence-electron chi connectivity index (χ1n) is 6.67. The number of nitrogens with zero attached hydrogens (tertiary/aromatic N) is 1. The molecule has 104 valence electrons. The van der Waals surface area contributed by atoms with Crippen LogP contribution in [0.15, 0.2) is 0 Å². The second kappa shape index (κ2) is 7.22. The molecule has 1 aromatic rings. The number of nitrogens with one attached hydrogen (secondary N) is 1. The molecule has 4 heteroatoms. The maximum atomic E-state index is 5.24. The molecule has 0 bridgehead atoms. The zero-order chi connectivity index (χ0) is 13.6. The molecule has 18 heavy (non-hydrogen) atoms. The zero-order valence-electron chi connectivity index (χ0n) is 12.3. The van der Waals surface area contributed by atoms with Crippen LogP contribution in [-0.4, -0.2) is 18.6 Å². The van der Waals surface area contributed by atoms with Crippen molar-refractivity contribution in [3.63, 3.8) is 0 Å². The van der Waals surface area contributed by atoms with E-state index in [1.165, 1.54) is 22.7 Å². The minimum Gasteiger partial charge on any atom is -0.378 e. The Balaban J connectivity index is 2.71. The Labute approximate surface area is 115 Å². The maximum Gasteiger partial charge on any atom is 0.0986 e. The van der Waals surface area contributed by atoms with Crippen molar-refractivity contribution in [3.05, 3.63) is 15.6 Å². The summed E-state index contributed by atoms with van der Waals surface area (Å²) in [5, 5.41) is 4.68. The topological polar surface area (TPSA) is 34.2 Å². The third-order valence-electron chi connectivity index (χ3n) is 2.69. The second-order valence-corrected chi connectivity index (χ2v) is 6.69. The van der Waals surface area contributed by atoms with E-state index in [2.05, 4.69) is 33.0 Å². The van der Waals surface area contributed by atoms with Crippen molar-refractivity contribution in [3.8, 4) is 0 Å². The van der Waals surface area contributed by atoms with Gasteiger partial charge >= 0.3 is 0 Å². The average molecular weight is 270 g/mol. The lowest BCUT2D eigenvalue weighted by Crippen LogP contribution is -2.14. The van der Waals surface area contributed by atoms with Crippen molar-refractivity contribution >= 4 is 11.3 Å². The van der Waals surface area contributed by atoms with Gasteiger partial charge in [-0.05, 0) is 13.0 Å². The number of aromatic nitrogens is 1. The summed E-state index contributed by atoms with van der Waals surface area (Å²) in [6, 6.07) is 0. The van der Waals surface area contributed by atoms with Crippen molar-refractivity contribution in [2.45, 2.75) is 59.1 Å². The van der Waals surface area contributed by atoms with Crippen LogP contribution in [0.1, 0.15) is 56.1 Å². The van der Waals surface area contributed by atoms with Gasteiger partial charge in [0, 0.05) is 23.9 Å². The summed E-state index contributed by atoms with van der Waals surface area (Å²) in [4.78, 5) is 6.04. The molecule has 0 unspecified atom stereocenters.